The second-order valence-electron chi connectivity index (χ2n) is 6.31. The lowest BCUT2D eigenvalue weighted by molar-refractivity contribution is 0.102. The first-order valence-corrected chi connectivity index (χ1v) is 9.46. The highest BCUT2D eigenvalue weighted by molar-refractivity contribution is 6.34. The highest BCUT2D eigenvalue weighted by Gasteiger charge is 2.22. The first-order valence-electron chi connectivity index (χ1n) is 8.70. The van der Waals surface area contributed by atoms with Crippen LogP contribution in [0.2, 0.25) is 10.2 Å². The van der Waals surface area contributed by atoms with Crippen molar-refractivity contribution in [2.75, 3.05) is 18.5 Å². The summed E-state index contributed by atoms with van der Waals surface area (Å²) >= 11 is 12.7. The molecule has 0 saturated carbocycles. The van der Waals surface area contributed by atoms with Gasteiger partial charge in [0.2, 0.25) is 0 Å². The van der Waals surface area contributed by atoms with E-state index < -0.39 is 0 Å². The van der Waals surface area contributed by atoms with Crippen LogP contribution in [0.25, 0.3) is 0 Å². The third-order valence-corrected chi connectivity index (χ3v) is 5.12. The minimum atomic E-state index is -0.343. The van der Waals surface area contributed by atoms with Crippen molar-refractivity contribution in [1.82, 2.24) is 9.78 Å². The summed E-state index contributed by atoms with van der Waals surface area (Å²) in [6.45, 7) is 3.10. The number of ether oxygens (including phenoxy) is 2. The quantitative estimate of drug-likeness (QED) is 0.674. The van der Waals surface area contributed by atoms with Gasteiger partial charge in [-0.05, 0) is 30.7 Å². The lowest BCUT2D eigenvalue weighted by Gasteiger charge is -2.19. The molecule has 0 atom stereocenters. The van der Waals surface area contributed by atoms with E-state index in [0.29, 0.717) is 53.2 Å². The number of benzene rings is 2. The van der Waals surface area contributed by atoms with E-state index >= 15 is 0 Å². The van der Waals surface area contributed by atoms with E-state index in [1.54, 1.807) is 35.9 Å². The largest absolute Gasteiger partial charge is 0.486 e. The van der Waals surface area contributed by atoms with Gasteiger partial charge in [-0.15, -0.1) is 0 Å². The van der Waals surface area contributed by atoms with Gasteiger partial charge in [-0.1, -0.05) is 41.4 Å². The Labute approximate surface area is 172 Å². The van der Waals surface area contributed by atoms with Crippen molar-refractivity contribution in [3.63, 3.8) is 0 Å². The van der Waals surface area contributed by atoms with Crippen LogP contribution in [0.3, 0.4) is 0 Å². The third-order valence-electron chi connectivity index (χ3n) is 4.37. The van der Waals surface area contributed by atoms with E-state index in [2.05, 4.69) is 10.4 Å². The number of hydrogen-bond acceptors (Lipinski definition) is 4. The molecule has 1 aliphatic heterocycles. The van der Waals surface area contributed by atoms with E-state index in [1.165, 1.54) is 0 Å². The minimum Gasteiger partial charge on any atom is -0.486 e. The average molecular weight is 418 g/mol. The normalized spacial score (nSPS) is 12.7. The van der Waals surface area contributed by atoms with Crippen LogP contribution in [0.4, 0.5) is 5.69 Å². The zero-order valence-electron chi connectivity index (χ0n) is 15.0. The Morgan fingerprint density at radius 1 is 1.14 bits per heavy atom. The lowest BCUT2D eigenvalue weighted by atomic mass is 10.2. The molecule has 1 aromatic heterocycles. The molecule has 0 unspecified atom stereocenters. The minimum absolute atomic E-state index is 0.257. The van der Waals surface area contributed by atoms with Crippen LogP contribution >= 0.6 is 23.2 Å². The monoisotopic (exact) mass is 417 g/mol. The number of anilines is 1. The molecule has 0 saturated heterocycles. The van der Waals surface area contributed by atoms with Crippen molar-refractivity contribution < 1.29 is 14.3 Å². The summed E-state index contributed by atoms with van der Waals surface area (Å²) < 4.78 is 12.6. The second-order valence-corrected chi connectivity index (χ2v) is 7.08. The predicted octanol–water partition coefficient (Wildman–Crippen LogP) is 4.57. The predicted molar refractivity (Wildman–Crippen MR) is 108 cm³/mol. The lowest BCUT2D eigenvalue weighted by Crippen LogP contribution is -2.17. The van der Waals surface area contributed by atoms with Crippen LogP contribution < -0.4 is 14.8 Å². The summed E-state index contributed by atoms with van der Waals surface area (Å²) in [5.41, 5.74) is 2.31. The fourth-order valence-electron chi connectivity index (χ4n) is 3.02. The molecule has 6 nitrogen and oxygen atoms in total. The van der Waals surface area contributed by atoms with Crippen molar-refractivity contribution in [3.05, 3.63) is 69.5 Å². The van der Waals surface area contributed by atoms with Crippen molar-refractivity contribution >= 4 is 34.8 Å². The molecular weight excluding hydrogens is 401 g/mol. The maximum absolute atomic E-state index is 12.8. The molecule has 1 N–H and O–H groups in total. The number of aromatic nitrogens is 2. The Morgan fingerprint density at radius 3 is 2.68 bits per heavy atom. The maximum Gasteiger partial charge on any atom is 0.260 e. The van der Waals surface area contributed by atoms with Crippen LogP contribution in [0.15, 0.2) is 42.5 Å². The van der Waals surface area contributed by atoms with Gasteiger partial charge in [0, 0.05) is 16.8 Å². The Morgan fingerprint density at radius 2 is 1.89 bits per heavy atom. The average Bonchev–Trinajstić information content (AvgIpc) is 2.97. The molecule has 0 aliphatic carbocycles. The van der Waals surface area contributed by atoms with Crippen LogP contribution in [0.5, 0.6) is 11.5 Å². The van der Waals surface area contributed by atoms with Gasteiger partial charge in [-0.3, -0.25) is 4.79 Å². The molecule has 28 heavy (non-hydrogen) atoms. The number of carbonyl (C=O) groups excluding carboxylic acids is 1. The zero-order chi connectivity index (χ0) is 19.7. The molecule has 3 aromatic rings. The van der Waals surface area contributed by atoms with Gasteiger partial charge < -0.3 is 14.8 Å². The highest BCUT2D eigenvalue weighted by Crippen LogP contribution is 2.33. The Balaban J connectivity index is 1.56. The van der Waals surface area contributed by atoms with Gasteiger partial charge in [0.1, 0.15) is 18.4 Å². The molecule has 0 spiro atoms. The number of halogens is 2. The number of nitrogens with one attached hydrogen (secondary N) is 1. The van der Waals surface area contributed by atoms with Crippen molar-refractivity contribution in [3.8, 4) is 11.5 Å². The molecule has 0 bridgehead atoms. The van der Waals surface area contributed by atoms with Gasteiger partial charge in [-0.25, -0.2) is 4.68 Å². The fourth-order valence-corrected chi connectivity index (χ4v) is 3.53. The molecular formula is C20H17Cl2N3O3. The van der Waals surface area contributed by atoms with Gasteiger partial charge in [0.05, 0.1) is 17.8 Å². The summed E-state index contributed by atoms with van der Waals surface area (Å²) in [6, 6.07) is 12.7. The zero-order valence-corrected chi connectivity index (χ0v) is 16.5. The first-order chi connectivity index (χ1) is 13.5. The second kappa shape index (κ2) is 7.73. The third kappa shape index (κ3) is 3.66. The number of amides is 1. The number of nitrogens with zero attached hydrogens (tertiary/aromatic N) is 2. The molecule has 2 heterocycles. The molecule has 0 radical (unpaired) electrons. The van der Waals surface area contributed by atoms with Crippen molar-refractivity contribution in [1.29, 1.82) is 0 Å². The number of fused-ring (bicyclic) bond motifs is 1. The molecule has 1 aliphatic rings. The van der Waals surface area contributed by atoms with Gasteiger partial charge in [-0.2, -0.15) is 5.10 Å². The van der Waals surface area contributed by atoms with E-state index in [1.807, 2.05) is 18.2 Å². The highest BCUT2D eigenvalue weighted by atomic mass is 35.5. The van der Waals surface area contributed by atoms with E-state index in [0.717, 1.165) is 5.56 Å². The van der Waals surface area contributed by atoms with E-state index in [4.69, 9.17) is 32.7 Å². The van der Waals surface area contributed by atoms with Crippen LogP contribution in [-0.4, -0.2) is 28.9 Å². The van der Waals surface area contributed by atoms with Gasteiger partial charge >= 0.3 is 0 Å². The number of carbonyl (C=O) groups is 1. The Bertz CT molecular complexity index is 1050. The topological polar surface area (TPSA) is 65.4 Å². The van der Waals surface area contributed by atoms with E-state index in [-0.39, 0.29) is 11.1 Å². The van der Waals surface area contributed by atoms with Crippen LogP contribution in [0.1, 0.15) is 21.6 Å². The molecule has 1 amide bonds. The Kier molecular flexibility index (Phi) is 5.15. The van der Waals surface area contributed by atoms with Gasteiger partial charge in [0.15, 0.2) is 11.5 Å². The van der Waals surface area contributed by atoms with Crippen LogP contribution in [-0.2, 0) is 6.54 Å². The summed E-state index contributed by atoms with van der Waals surface area (Å²) in [7, 11) is 0. The fraction of sp³-hybridized carbons (Fsp3) is 0.200. The smallest absolute Gasteiger partial charge is 0.260 e. The molecule has 4 rings (SSSR count). The standard InChI is InChI=1S/C20H17Cl2N3O3/c1-12-18(19(22)25(24-12)11-13-4-2-3-5-15(13)21)20(26)23-14-6-7-16-17(10-14)28-9-8-27-16/h2-7,10H,8-9,11H2,1H3,(H,23,26). The first kappa shape index (κ1) is 18.7. The summed E-state index contributed by atoms with van der Waals surface area (Å²) in [4.78, 5) is 12.8. The SMILES string of the molecule is Cc1nn(Cc2ccccc2Cl)c(Cl)c1C(=O)Nc1ccc2c(c1)OCCO2. The molecule has 8 heteroatoms. The summed E-state index contributed by atoms with van der Waals surface area (Å²) in [5.74, 6) is 0.914. The molecule has 144 valence electrons. The molecule has 2 aromatic carbocycles. The molecule has 0 fully saturated rings. The summed E-state index contributed by atoms with van der Waals surface area (Å²) in [6.07, 6.45) is 0. The maximum atomic E-state index is 12.8. The van der Waals surface area contributed by atoms with Crippen molar-refractivity contribution in [2.24, 2.45) is 0 Å². The number of rotatable bonds is 4. The summed E-state index contributed by atoms with van der Waals surface area (Å²) in [5, 5.41) is 8.12. The Hall–Kier alpha value is -2.70. The van der Waals surface area contributed by atoms with Gasteiger partial charge in [0.25, 0.3) is 5.91 Å². The number of aryl methyl sites for hydroxylation is 1. The number of hydrogen-bond donors (Lipinski definition) is 1. The van der Waals surface area contributed by atoms with Crippen LogP contribution in [0, 0.1) is 6.92 Å². The van der Waals surface area contributed by atoms with E-state index in [9.17, 15) is 4.79 Å². The van der Waals surface area contributed by atoms with Crippen molar-refractivity contribution in [2.45, 2.75) is 13.5 Å².